The Morgan fingerprint density at radius 2 is 1.93 bits per heavy atom. The van der Waals surface area contributed by atoms with E-state index in [4.69, 9.17) is 23.4 Å². The molecule has 0 aliphatic carbocycles. The van der Waals surface area contributed by atoms with Crippen LogP contribution in [0.4, 0.5) is 4.79 Å². The molecule has 1 aromatic heterocycles. The van der Waals surface area contributed by atoms with Gasteiger partial charge in [-0.2, -0.15) is 0 Å². The van der Waals surface area contributed by atoms with Gasteiger partial charge >= 0.3 is 6.09 Å². The Hall–Kier alpha value is -2.67. The first-order chi connectivity index (χ1) is 13.6. The average molecular weight is 403 g/mol. The zero-order valence-corrected chi connectivity index (χ0v) is 18.1. The van der Waals surface area contributed by atoms with Gasteiger partial charge < -0.3 is 23.4 Å². The maximum absolute atomic E-state index is 13.1. The minimum Gasteiger partial charge on any atom is -0.497 e. The van der Waals surface area contributed by atoms with Crippen molar-refractivity contribution in [1.82, 2.24) is 4.90 Å². The molecule has 7 nitrogen and oxygen atoms in total. The minimum atomic E-state index is -0.841. The smallest absolute Gasteiger partial charge is 0.413 e. The standard InChI is InChI=1S/C22H29NO6/c1-21(2,3)29-20(24)23-17(13-28-22(23,4)5)15-11-14(25-6)12-16(19(15)26-7)18-9-8-10-27-18/h8-12,17H,13H2,1-7H3/t17-/m0/s1. The van der Waals surface area contributed by atoms with E-state index < -0.39 is 23.5 Å². The van der Waals surface area contributed by atoms with Crippen molar-refractivity contribution in [2.24, 2.45) is 0 Å². The fourth-order valence-corrected chi connectivity index (χ4v) is 3.52. The van der Waals surface area contributed by atoms with Crippen molar-refractivity contribution < 1.29 is 28.2 Å². The number of hydrogen-bond acceptors (Lipinski definition) is 6. The Morgan fingerprint density at radius 3 is 2.48 bits per heavy atom. The van der Waals surface area contributed by atoms with Gasteiger partial charge in [-0.15, -0.1) is 0 Å². The van der Waals surface area contributed by atoms with Gasteiger partial charge in [0.1, 0.15) is 28.6 Å². The van der Waals surface area contributed by atoms with Gasteiger partial charge in [0.25, 0.3) is 0 Å². The molecule has 0 N–H and O–H groups in total. The summed E-state index contributed by atoms with van der Waals surface area (Å²) in [7, 11) is 3.19. The minimum absolute atomic E-state index is 0.299. The van der Waals surface area contributed by atoms with Crippen molar-refractivity contribution in [3.63, 3.8) is 0 Å². The largest absolute Gasteiger partial charge is 0.497 e. The van der Waals surface area contributed by atoms with E-state index in [0.717, 1.165) is 11.1 Å². The number of ether oxygens (including phenoxy) is 4. The van der Waals surface area contributed by atoms with Crippen LogP contribution in [0.2, 0.25) is 0 Å². The lowest BCUT2D eigenvalue weighted by molar-refractivity contribution is -0.0626. The van der Waals surface area contributed by atoms with E-state index in [1.807, 2.05) is 58.9 Å². The zero-order chi connectivity index (χ0) is 21.4. The number of hydrogen-bond donors (Lipinski definition) is 0. The second-order valence-corrected chi connectivity index (χ2v) is 8.40. The second kappa shape index (κ2) is 7.63. The number of nitrogens with zero attached hydrogens (tertiary/aromatic N) is 1. The molecule has 1 aliphatic heterocycles. The molecule has 0 saturated carbocycles. The zero-order valence-electron chi connectivity index (χ0n) is 18.1. The third-order valence-electron chi connectivity index (χ3n) is 4.75. The van der Waals surface area contributed by atoms with Crippen molar-refractivity contribution in [3.05, 3.63) is 36.1 Å². The molecular weight excluding hydrogens is 374 g/mol. The number of furan rings is 1. The van der Waals surface area contributed by atoms with E-state index in [1.165, 1.54) is 0 Å². The predicted octanol–water partition coefficient (Wildman–Crippen LogP) is 5.01. The monoisotopic (exact) mass is 403 g/mol. The third-order valence-corrected chi connectivity index (χ3v) is 4.75. The van der Waals surface area contributed by atoms with E-state index in [-0.39, 0.29) is 0 Å². The Bertz CT molecular complexity index is 866. The van der Waals surface area contributed by atoms with Gasteiger partial charge in [0.15, 0.2) is 0 Å². The highest BCUT2D eigenvalue weighted by atomic mass is 16.6. The van der Waals surface area contributed by atoms with E-state index in [1.54, 1.807) is 25.4 Å². The molecule has 1 amide bonds. The molecular formula is C22H29NO6. The van der Waals surface area contributed by atoms with Crippen LogP contribution in [-0.4, -0.2) is 43.1 Å². The number of carbonyl (C=O) groups is 1. The lowest BCUT2D eigenvalue weighted by Crippen LogP contribution is -2.47. The Kier molecular flexibility index (Phi) is 5.54. The molecule has 7 heteroatoms. The van der Waals surface area contributed by atoms with Gasteiger partial charge in [0, 0.05) is 5.56 Å². The number of amides is 1. The van der Waals surface area contributed by atoms with Gasteiger partial charge in [-0.3, -0.25) is 4.90 Å². The summed E-state index contributed by atoms with van der Waals surface area (Å²) >= 11 is 0. The van der Waals surface area contributed by atoms with Crippen LogP contribution in [-0.2, 0) is 9.47 Å². The second-order valence-electron chi connectivity index (χ2n) is 8.40. The maximum atomic E-state index is 13.1. The lowest BCUT2D eigenvalue weighted by Gasteiger charge is -2.35. The van der Waals surface area contributed by atoms with E-state index in [2.05, 4.69) is 0 Å². The summed E-state index contributed by atoms with van der Waals surface area (Å²) in [6, 6.07) is 6.95. The van der Waals surface area contributed by atoms with Crippen molar-refractivity contribution in [1.29, 1.82) is 0 Å². The van der Waals surface area contributed by atoms with Crippen LogP contribution in [0.3, 0.4) is 0 Å². The molecule has 1 saturated heterocycles. The highest BCUT2D eigenvalue weighted by Gasteiger charge is 2.47. The quantitative estimate of drug-likeness (QED) is 0.715. The molecule has 0 bridgehead atoms. The van der Waals surface area contributed by atoms with Crippen LogP contribution in [0.15, 0.2) is 34.9 Å². The lowest BCUT2D eigenvalue weighted by atomic mass is 9.99. The number of rotatable bonds is 4. The summed E-state index contributed by atoms with van der Waals surface area (Å²) < 4.78 is 28.5. The van der Waals surface area contributed by atoms with Crippen molar-refractivity contribution in [2.75, 3.05) is 20.8 Å². The molecule has 0 spiro atoms. The molecule has 1 fully saturated rings. The average Bonchev–Trinajstić information content (AvgIpc) is 3.26. The Morgan fingerprint density at radius 1 is 1.21 bits per heavy atom. The normalized spacial score (nSPS) is 18.6. The summed E-state index contributed by atoms with van der Waals surface area (Å²) in [5.74, 6) is 1.87. The molecule has 0 unspecified atom stereocenters. The summed E-state index contributed by atoms with van der Waals surface area (Å²) in [6.45, 7) is 9.50. The van der Waals surface area contributed by atoms with E-state index in [9.17, 15) is 4.79 Å². The van der Waals surface area contributed by atoms with Crippen LogP contribution in [0.25, 0.3) is 11.3 Å². The molecule has 0 radical (unpaired) electrons. The summed E-state index contributed by atoms with van der Waals surface area (Å²) in [5, 5.41) is 0. The molecule has 1 atom stereocenters. The highest BCUT2D eigenvalue weighted by molar-refractivity contribution is 5.74. The van der Waals surface area contributed by atoms with Crippen molar-refractivity contribution in [2.45, 2.75) is 52.0 Å². The Balaban J connectivity index is 2.12. The van der Waals surface area contributed by atoms with Gasteiger partial charge in [-0.1, -0.05) is 0 Å². The first kappa shape index (κ1) is 21.0. The molecule has 1 aromatic carbocycles. The fourth-order valence-electron chi connectivity index (χ4n) is 3.52. The molecule has 2 aromatic rings. The molecule has 29 heavy (non-hydrogen) atoms. The molecule has 1 aliphatic rings. The highest BCUT2D eigenvalue weighted by Crippen LogP contribution is 2.46. The van der Waals surface area contributed by atoms with Gasteiger partial charge in [0.2, 0.25) is 0 Å². The van der Waals surface area contributed by atoms with Gasteiger partial charge in [0.05, 0.1) is 38.7 Å². The van der Waals surface area contributed by atoms with E-state index in [0.29, 0.717) is 23.9 Å². The maximum Gasteiger partial charge on any atom is 0.413 e. The summed E-state index contributed by atoms with van der Waals surface area (Å²) in [5.41, 5.74) is 0.0275. The summed E-state index contributed by atoms with van der Waals surface area (Å²) in [4.78, 5) is 14.7. The third kappa shape index (κ3) is 4.19. The SMILES string of the molecule is COc1cc(-c2ccco2)c(OC)c([C@@H]2COC(C)(C)N2C(=O)OC(C)(C)C)c1. The van der Waals surface area contributed by atoms with E-state index >= 15 is 0 Å². The first-order valence-corrected chi connectivity index (χ1v) is 9.53. The van der Waals surface area contributed by atoms with Crippen molar-refractivity contribution >= 4 is 6.09 Å². The number of benzene rings is 1. The predicted molar refractivity (Wildman–Crippen MR) is 108 cm³/mol. The first-order valence-electron chi connectivity index (χ1n) is 9.53. The van der Waals surface area contributed by atoms with Crippen molar-refractivity contribution in [3.8, 4) is 22.8 Å². The van der Waals surface area contributed by atoms with Crippen LogP contribution >= 0.6 is 0 Å². The Labute approximate surface area is 171 Å². The van der Waals surface area contributed by atoms with Crippen LogP contribution in [0.5, 0.6) is 11.5 Å². The molecule has 3 rings (SSSR count). The number of carbonyl (C=O) groups excluding carboxylic acids is 1. The van der Waals surface area contributed by atoms with Crippen LogP contribution in [0.1, 0.15) is 46.2 Å². The number of methoxy groups -OCH3 is 2. The summed E-state index contributed by atoms with van der Waals surface area (Å²) in [6.07, 6.45) is 1.15. The van der Waals surface area contributed by atoms with Crippen LogP contribution in [0, 0.1) is 0 Å². The van der Waals surface area contributed by atoms with Crippen LogP contribution < -0.4 is 9.47 Å². The topological polar surface area (TPSA) is 70.4 Å². The van der Waals surface area contributed by atoms with Gasteiger partial charge in [-0.05, 0) is 58.9 Å². The van der Waals surface area contributed by atoms with Gasteiger partial charge in [-0.25, -0.2) is 4.79 Å². The fraction of sp³-hybridized carbons (Fsp3) is 0.500. The molecule has 2 heterocycles. The molecule has 158 valence electrons.